The van der Waals surface area contributed by atoms with Gasteiger partial charge in [0.05, 0.1) is 10.5 Å². The van der Waals surface area contributed by atoms with E-state index in [1.807, 2.05) is 0 Å². The maximum atomic E-state index is 11.9. The predicted octanol–water partition coefficient (Wildman–Crippen LogP) is 2.43. The Balaban J connectivity index is 2.09. The van der Waals surface area contributed by atoms with Crippen molar-refractivity contribution < 1.29 is 14.5 Å². The lowest BCUT2D eigenvalue weighted by atomic mass is 10.2. The largest absolute Gasteiger partial charge is 0.282 e. The highest BCUT2D eigenvalue weighted by Crippen LogP contribution is 2.17. The summed E-state index contributed by atoms with van der Waals surface area (Å²) in [6, 6.07) is 12.1. The second kappa shape index (κ2) is 6.81. The van der Waals surface area contributed by atoms with Crippen molar-refractivity contribution in [1.29, 1.82) is 0 Å². The van der Waals surface area contributed by atoms with Gasteiger partial charge < -0.3 is 0 Å². The van der Waals surface area contributed by atoms with Crippen LogP contribution < -0.4 is 10.9 Å². The van der Waals surface area contributed by atoms with Gasteiger partial charge in [-0.1, -0.05) is 24.3 Å². The van der Waals surface area contributed by atoms with Gasteiger partial charge in [-0.3, -0.25) is 30.6 Å². The predicted molar refractivity (Wildman–Crippen MR) is 82.2 cm³/mol. The Morgan fingerprint density at radius 3 is 2.00 bits per heavy atom. The minimum absolute atomic E-state index is 0.139. The number of nitrogens with zero attached hydrogens (tertiary/aromatic N) is 1. The van der Waals surface area contributed by atoms with Gasteiger partial charge in [-0.2, -0.15) is 0 Å². The first kappa shape index (κ1) is 15.6. The van der Waals surface area contributed by atoms with E-state index in [4.69, 9.17) is 0 Å². The zero-order valence-electron chi connectivity index (χ0n) is 11.1. The standard InChI is InChI=1S/C14H10BrN3O4/c15-11-7-3-1-5-9(11)13(19)16-17-14(20)10-6-2-4-8-12(10)18(21)22/h1-8H,(H,16,19)(H,17,20). The van der Waals surface area contributed by atoms with Gasteiger partial charge >= 0.3 is 0 Å². The molecule has 2 aromatic rings. The van der Waals surface area contributed by atoms with E-state index in [9.17, 15) is 19.7 Å². The molecule has 0 aliphatic carbocycles. The van der Waals surface area contributed by atoms with Gasteiger partial charge in [0.15, 0.2) is 0 Å². The highest BCUT2D eigenvalue weighted by atomic mass is 79.9. The number of benzene rings is 2. The summed E-state index contributed by atoms with van der Waals surface area (Å²) < 4.78 is 0.562. The number of carbonyl (C=O) groups is 2. The molecule has 0 saturated carbocycles. The maximum Gasteiger partial charge on any atom is 0.282 e. The smallest absolute Gasteiger partial charge is 0.267 e. The summed E-state index contributed by atoms with van der Waals surface area (Å²) in [5.74, 6) is -1.31. The summed E-state index contributed by atoms with van der Waals surface area (Å²) >= 11 is 3.22. The van der Waals surface area contributed by atoms with Crippen LogP contribution in [0.2, 0.25) is 0 Å². The van der Waals surface area contributed by atoms with Crippen LogP contribution in [0.25, 0.3) is 0 Å². The number of para-hydroxylation sites is 1. The molecule has 0 aliphatic rings. The monoisotopic (exact) mass is 363 g/mol. The van der Waals surface area contributed by atoms with E-state index in [0.717, 1.165) is 0 Å². The number of amides is 2. The molecule has 0 saturated heterocycles. The molecule has 0 unspecified atom stereocenters. The molecule has 0 aliphatic heterocycles. The average molecular weight is 364 g/mol. The zero-order chi connectivity index (χ0) is 16.1. The Morgan fingerprint density at radius 1 is 0.909 bits per heavy atom. The molecule has 22 heavy (non-hydrogen) atoms. The number of hydrogen-bond acceptors (Lipinski definition) is 4. The molecule has 7 nitrogen and oxygen atoms in total. The van der Waals surface area contributed by atoms with Gasteiger partial charge in [-0.05, 0) is 34.1 Å². The van der Waals surface area contributed by atoms with Gasteiger partial charge in [0.25, 0.3) is 17.5 Å². The number of halogens is 1. The number of carbonyl (C=O) groups excluding carboxylic acids is 2. The highest BCUT2D eigenvalue weighted by Gasteiger charge is 2.19. The van der Waals surface area contributed by atoms with Crippen molar-refractivity contribution >= 4 is 33.4 Å². The number of hydrazine groups is 1. The lowest BCUT2D eigenvalue weighted by Crippen LogP contribution is -2.41. The van der Waals surface area contributed by atoms with Crippen molar-refractivity contribution in [3.63, 3.8) is 0 Å². The van der Waals surface area contributed by atoms with Gasteiger partial charge in [-0.15, -0.1) is 0 Å². The fourth-order valence-corrected chi connectivity index (χ4v) is 2.18. The third-order valence-electron chi connectivity index (χ3n) is 2.75. The number of rotatable bonds is 3. The SMILES string of the molecule is O=C(NNC(=O)c1ccccc1[N+](=O)[O-])c1ccccc1Br. The van der Waals surface area contributed by atoms with Crippen LogP contribution in [0.15, 0.2) is 53.0 Å². The van der Waals surface area contributed by atoms with Crippen LogP contribution in [-0.2, 0) is 0 Å². The van der Waals surface area contributed by atoms with Crippen LogP contribution >= 0.6 is 15.9 Å². The second-order valence-corrected chi connectivity index (χ2v) is 5.02. The number of nitro benzene ring substituents is 1. The van der Waals surface area contributed by atoms with Gasteiger partial charge in [0.2, 0.25) is 0 Å². The molecule has 0 radical (unpaired) electrons. The molecule has 0 aromatic heterocycles. The van der Waals surface area contributed by atoms with Crippen LogP contribution in [-0.4, -0.2) is 16.7 Å². The van der Waals surface area contributed by atoms with Gasteiger partial charge in [-0.25, -0.2) is 0 Å². The molecule has 8 heteroatoms. The Hall–Kier alpha value is -2.74. The summed E-state index contributed by atoms with van der Waals surface area (Å²) in [5.41, 5.74) is 4.22. The molecule has 112 valence electrons. The molecule has 2 rings (SSSR count). The highest BCUT2D eigenvalue weighted by molar-refractivity contribution is 9.10. The summed E-state index contributed by atoms with van der Waals surface area (Å²) in [5, 5.41) is 10.9. The summed E-state index contributed by atoms with van der Waals surface area (Å²) in [6.45, 7) is 0. The molecule has 2 aromatic carbocycles. The molecule has 0 bridgehead atoms. The molecule has 0 atom stereocenters. The first-order chi connectivity index (χ1) is 10.5. The first-order valence-corrected chi connectivity index (χ1v) is 6.88. The molecular formula is C14H10BrN3O4. The van der Waals surface area contributed by atoms with Gasteiger partial charge in [0.1, 0.15) is 5.56 Å². The van der Waals surface area contributed by atoms with E-state index < -0.39 is 16.7 Å². The van der Waals surface area contributed by atoms with E-state index in [0.29, 0.717) is 10.0 Å². The number of nitro groups is 1. The molecule has 0 spiro atoms. The first-order valence-electron chi connectivity index (χ1n) is 6.09. The van der Waals surface area contributed by atoms with E-state index in [1.54, 1.807) is 24.3 Å². The molecular weight excluding hydrogens is 354 g/mol. The second-order valence-electron chi connectivity index (χ2n) is 4.16. The van der Waals surface area contributed by atoms with Crippen LogP contribution in [0.5, 0.6) is 0 Å². The number of nitrogens with one attached hydrogen (secondary N) is 2. The van der Waals surface area contributed by atoms with E-state index in [1.165, 1.54) is 24.3 Å². The van der Waals surface area contributed by atoms with Crippen molar-refractivity contribution in [2.24, 2.45) is 0 Å². The minimum Gasteiger partial charge on any atom is -0.267 e. The van der Waals surface area contributed by atoms with Crippen molar-refractivity contribution in [2.45, 2.75) is 0 Å². The Morgan fingerprint density at radius 2 is 1.41 bits per heavy atom. The third-order valence-corrected chi connectivity index (χ3v) is 3.44. The number of hydrogen-bond donors (Lipinski definition) is 2. The quantitative estimate of drug-likeness (QED) is 0.645. The molecule has 2 amide bonds. The molecule has 2 N–H and O–H groups in total. The Bertz CT molecular complexity index is 748. The summed E-state index contributed by atoms with van der Waals surface area (Å²) in [4.78, 5) is 34.1. The fourth-order valence-electron chi connectivity index (χ4n) is 1.72. The lowest BCUT2D eigenvalue weighted by molar-refractivity contribution is -0.385. The average Bonchev–Trinajstić information content (AvgIpc) is 2.52. The van der Waals surface area contributed by atoms with Crippen molar-refractivity contribution in [3.8, 4) is 0 Å². The Labute approximate surface area is 133 Å². The fraction of sp³-hybridized carbons (Fsp3) is 0. The molecule has 0 fully saturated rings. The van der Waals surface area contributed by atoms with Crippen LogP contribution in [0.1, 0.15) is 20.7 Å². The summed E-state index contributed by atoms with van der Waals surface area (Å²) in [7, 11) is 0. The van der Waals surface area contributed by atoms with Crippen molar-refractivity contribution in [3.05, 3.63) is 74.2 Å². The topological polar surface area (TPSA) is 101 Å². The third kappa shape index (κ3) is 3.47. The van der Waals surface area contributed by atoms with Crippen LogP contribution in [0, 0.1) is 10.1 Å². The van der Waals surface area contributed by atoms with Gasteiger partial charge in [0, 0.05) is 10.5 Å². The van der Waals surface area contributed by atoms with E-state index >= 15 is 0 Å². The molecule has 0 heterocycles. The summed E-state index contributed by atoms with van der Waals surface area (Å²) in [6.07, 6.45) is 0. The lowest BCUT2D eigenvalue weighted by Gasteiger charge is -2.08. The van der Waals surface area contributed by atoms with Crippen LogP contribution in [0.4, 0.5) is 5.69 Å². The Kier molecular flexibility index (Phi) is 4.84. The van der Waals surface area contributed by atoms with Crippen molar-refractivity contribution in [2.75, 3.05) is 0 Å². The minimum atomic E-state index is -0.771. The zero-order valence-corrected chi connectivity index (χ0v) is 12.7. The van der Waals surface area contributed by atoms with E-state index in [2.05, 4.69) is 26.8 Å². The van der Waals surface area contributed by atoms with Crippen molar-refractivity contribution in [1.82, 2.24) is 10.9 Å². The normalized spacial score (nSPS) is 9.86. The van der Waals surface area contributed by atoms with E-state index in [-0.39, 0.29) is 11.3 Å². The maximum absolute atomic E-state index is 11.9. The van der Waals surface area contributed by atoms with Crippen LogP contribution in [0.3, 0.4) is 0 Å².